The van der Waals surface area contributed by atoms with Crippen molar-refractivity contribution in [1.29, 1.82) is 0 Å². The maximum absolute atomic E-state index is 13.8. The number of hydrogen-bond acceptors (Lipinski definition) is 6. The molecule has 168 valence electrons. The summed E-state index contributed by atoms with van der Waals surface area (Å²) in [6.07, 6.45) is 1.97. The van der Waals surface area contributed by atoms with Gasteiger partial charge in [-0.25, -0.2) is 8.42 Å². The van der Waals surface area contributed by atoms with Crippen LogP contribution >= 0.6 is 0 Å². The van der Waals surface area contributed by atoms with Crippen molar-refractivity contribution in [3.8, 4) is 23.0 Å². The maximum Gasteiger partial charge on any atom is 0.244 e. The van der Waals surface area contributed by atoms with E-state index in [4.69, 9.17) is 18.9 Å². The predicted octanol–water partition coefficient (Wildman–Crippen LogP) is 3.07. The molecule has 3 heterocycles. The number of fused-ring (bicyclic) bond motifs is 2. The molecule has 0 N–H and O–H groups in total. The van der Waals surface area contributed by atoms with E-state index in [1.807, 2.05) is 30.5 Å². The summed E-state index contributed by atoms with van der Waals surface area (Å²) in [5, 5.41) is 0. The third-order valence-electron chi connectivity index (χ3n) is 5.84. The van der Waals surface area contributed by atoms with Crippen LogP contribution in [-0.4, -0.2) is 51.3 Å². The molecule has 0 bridgehead atoms. The number of rotatable bonds is 5. The largest absolute Gasteiger partial charge is 0.493 e. The lowest BCUT2D eigenvalue weighted by atomic mass is 10.0. The third-order valence-corrected chi connectivity index (χ3v) is 7.70. The molecule has 0 saturated heterocycles. The van der Waals surface area contributed by atoms with Crippen LogP contribution in [-0.2, 0) is 16.6 Å². The Balaban J connectivity index is 1.61. The smallest absolute Gasteiger partial charge is 0.244 e. The molecule has 0 unspecified atom stereocenters. The van der Waals surface area contributed by atoms with Gasteiger partial charge in [-0.3, -0.25) is 0 Å². The molecule has 1 aromatic heterocycles. The molecule has 0 amide bonds. The van der Waals surface area contributed by atoms with E-state index in [2.05, 4.69) is 4.57 Å². The maximum atomic E-state index is 13.8. The molecule has 0 radical (unpaired) electrons. The lowest BCUT2D eigenvalue weighted by molar-refractivity contribution is 0.171. The van der Waals surface area contributed by atoms with Crippen molar-refractivity contribution < 1.29 is 27.4 Å². The zero-order valence-electron chi connectivity index (χ0n) is 17.9. The fourth-order valence-corrected chi connectivity index (χ4v) is 5.90. The summed E-state index contributed by atoms with van der Waals surface area (Å²) in [4.78, 5) is 0.173. The molecule has 9 heteroatoms. The van der Waals surface area contributed by atoms with Crippen LogP contribution in [0, 0.1) is 0 Å². The van der Waals surface area contributed by atoms with E-state index in [-0.39, 0.29) is 4.90 Å². The highest BCUT2D eigenvalue weighted by Gasteiger charge is 2.38. The van der Waals surface area contributed by atoms with Gasteiger partial charge < -0.3 is 23.5 Å². The molecule has 0 aliphatic carbocycles. The molecule has 5 rings (SSSR count). The minimum Gasteiger partial charge on any atom is -0.493 e. The average Bonchev–Trinajstić information content (AvgIpc) is 3.31. The van der Waals surface area contributed by atoms with Crippen molar-refractivity contribution in [1.82, 2.24) is 8.87 Å². The Morgan fingerprint density at radius 1 is 0.906 bits per heavy atom. The van der Waals surface area contributed by atoms with Crippen LogP contribution in [0.15, 0.2) is 59.6 Å². The van der Waals surface area contributed by atoms with E-state index >= 15 is 0 Å². The van der Waals surface area contributed by atoms with Crippen LogP contribution in [0.3, 0.4) is 0 Å². The molecule has 2 aliphatic rings. The molecule has 3 aromatic rings. The number of aromatic nitrogens is 1. The quantitative estimate of drug-likeness (QED) is 0.587. The molecule has 2 aromatic carbocycles. The van der Waals surface area contributed by atoms with E-state index in [0.29, 0.717) is 49.3 Å². The minimum atomic E-state index is -3.84. The van der Waals surface area contributed by atoms with E-state index in [1.54, 1.807) is 38.5 Å². The van der Waals surface area contributed by atoms with Crippen LogP contribution in [0.1, 0.15) is 17.3 Å². The van der Waals surface area contributed by atoms with Gasteiger partial charge in [0.05, 0.1) is 25.2 Å². The Bertz CT molecular complexity index is 1250. The van der Waals surface area contributed by atoms with Crippen molar-refractivity contribution in [2.45, 2.75) is 17.5 Å². The van der Waals surface area contributed by atoms with Crippen molar-refractivity contribution >= 4 is 10.0 Å². The Hall–Kier alpha value is -3.17. The first-order chi connectivity index (χ1) is 15.5. The predicted molar refractivity (Wildman–Crippen MR) is 117 cm³/mol. The van der Waals surface area contributed by atoms with Crippen LogP contribution in [0.4, 0.5) is 0 Å². The lowest BCUT2D eigenvalue weighted by Gasteiger charge is -2.36. The Kier molecular flexibility index (Phi) is 5.22. The Morgan fingerprint density at radius 2 is 1.69 bits per heavy atom. The van der Waals surface area contributed by atoms with Gasteiger partial charge in [0.1, 0.15) is 13.2 Å². The topological polar surface area (TPSA) is 79.2 Å². The highest BCUT2D eigenvalue weighted by atomic mass is 32.2. The summed E-state index contributed by atoms with van der Waals surface area (Å²) < 4.78 is 53.3. The van der Waals surface area contributed by atoms with E-state index in [9.17, 15) is 8.42 Å². The van der Waals surface area contributed by atoms with Gasteiger partial charge in [0.15, 0.2) is 23.0 Å². The number of ether oxygens (including phenoxy) is 4. The van der Waals surface area contributed by atoms with Gasteiger partial charge in [0.2, 0.25) is 10.0 Å². The van der Waals surface area contributed by atoms with Gasteiger partial charge in [0.25, 0.3) is 0 Å². The first-order valence-electron chi connectivity index (χ1n) is 10.3. The molecule has 1 atom stereocenters. The number of nitrogens with zero attached hydrogens (tertiary/aromatic N) is 2. The van der Waals surface area contributed by atoms with Crippen LogP contribution in [0.2, 0.25) is 0 Å². The SMILES string of the molecule is COc1ccc([C@@H]2c3cccn3CCN2S(=O)(=O)c2ccc3c(c2)OCCO3)cc1OC. The van der Waals surface area contributed by atoms with Crippen molar-refractivity contribution in [2.24, 2.45) is 0 Å². The van der Waals surface area contributed by atoms with Gasteiger partial charge >= 0.3 is 0 Å². The molecule has 2 aliphatic heterocycles. The minimum absolute atomic E-state index is 0.173. The normalized spacial score (nSPS) is 18.1. The van der Waals surface area contributed by atoms with Gasteiger partial charge in [-0.2, -0.15) is 4.31 Å². The molecular weight excluding hydrogens is 432 g/mol. The summed E-state index contributed by atoms with van der Waals surface area (Å²) >= 11 is 0. The van der Waals surface area contributed by atoms with Gasteiger partial charge in [-0.15, -0.1) is 0 Å². The second-order valence-electron chi connectivity index (χ2n) is 7.56. The second-order valence-corrected chi connectivity index (χ2v) is 9.46. The summed E-state index contributed by atoms with van der Waals surface area (Å²) in [5.74, 6) is 2.13. The monoisotopic (exact) mass is 456 g/mol. The first kappa shape index (κ1) is 20.7. The summed E-state index contributed by atoms with van der Waals surface area (Å²) in [7, 11) is -0.701. The second kappa shape index (κ2) is 8.07. The van der Waals surface area contributed by atoms with Gasteiger partial charge in [-0.1, -0.05) is 6.07 Å². The van der Waals surface area contributed by atoms with Crippen LogP contribution in [0.25, 0.3) is 0 Å². The fourth-order valence-electron chi connectivity index (χ4n) is 4.30. The molecule has 0 fully saturated rings. The third kappa shape index (κ3) is 3.37. The standard InChI is InChI=1S/C23H24N2O6S/c1-28-19-7-5-16(14-21(19)29-2)23-18-4-3-9-24(18)10-11-25(23)32(26,27)17-6-8-20-22(15-17)31-13-12-30-20/h3-9,14-15,23H,10-13H2,1-2H3/t23-/m1/s1. The molecule has 0 spiro atoms. The fraction of sp³-hybridized carbons (Fsp3) is 0.304. The number of benzene rings is 2. The average molecular weight is 457 g/mol. The number of sulfonamides is 1. The highest BCUT2D eigenvalue weighted by molar-refractivity contribution is 7.89. The number of methoxy groups -OCH3 is 2. The molecular formula is C23H24N2O6S. The van der Waals surface area contributed by atoms with E-state index in [1.165, 1.54) is 4.31 Å². The highest BCUT2D eigenvalue weighted by Crippen LogP contribution is 2.41. The lowest BCUT2D eigenvalue weighted by Crippen LogP contribution is -2.42. The summed E-state index contributed by atoms with van der Waals surface area (Å²) in [5.41, 5.74) is 1.69. The van der Waals surface area contributed by atoms with Gasteiger partial charge in [0, 0.05) is 31.0 Å². The van der Waals surface area contributed by atoms with E-state index < -0.39 is 16.1 Å². The van der Waals surface area contributed by atoms with Crippen LogP contribution in [0.5, 0.6) is 23.0 Å². The summed E-state index contributed by atoms with van der Waals surface area (Å²) in [6.45, 7) is 1.74. The number of hydrogen-bond donors (Lipinski definition) is 0. The Labute approximate surface area is 186 Å². The van der Waals surface area contributed by atoms with E-state index in [0.717, 1.165) is 11.3 Å². The first-order valence-corrected chi connectivity index (χ1v) is 11.8. The Morgan fingerprint density at radius 3 is 2.47 bits per heavy atom. The van der Waals surface area contributed by atoms with Crippen molar-refractivity contribution in [2.75, 3.05) is 34.0 Å². The van der Waals surface area contributed by atoms with Gasteiger partial charge in [-0.05, 0) is 42.0 Å². The van der Waals surface area contributed by atoms with Crippen LogP contribution < -0.4 is 18.9 Å². The zero-order chi connectivity index (χ0) is 22.3. The molecule has 32 heavy (non-hydrogen) atoms. The molecule has 8 nitrogen and oxygen atoms in total. The van der Waals surface area contributed by atoms with Crippen molar-refractivity contribution in [3.05, 3.63) is 66.0 Å². The summed E-state index contributed by atoms with van der Waals surface area (Å²) in [6, 6.07) is 13.6. The zero-order valence-corrected chi connectivity index (χ0v) is 18.7. The van der Waals surface area contributed by atoms with Crippen molar-refractivity contribution in [3.63, 3.8) is 0 Å². The molecule has 0 saturated carbocycles.